The van der Waals surface area contributed by atoms with Crippen molar-refractivity contribution in [3.05, 3.63) is 20.8 Å². The summed E-state index contributed by atoms with van der Waals surface area (Å²) in [5, 5.41) is 6.21. The van der Waals surface area contributed by atoms with Gasteiger partial charge in [0.15, 0.2) is 11.2 Å². The molecular formula is C14H20N6O3. The first kappa shape index (κ1) is 15.5. The summed E-state index contributed by atoms with van der Waals surface area (Å²) in [6.07, 6.45) is 0. The monoisotopic (exact) mass is 320 g/mol. The third-order valence-electron chi connectivity index (χ3n) is 3.89. The number of nitrogens with zero attached hydrogens (tertiary/aromatic N) is 6. The zero-order valence-electron chi connectivity index (χ0n) is 13.7. The van der Waals surface area contributed by atoms with Crippen molar-refractivity contribution in [3.63, 3.8) is 0 Å². The Morgan fingerprint density at radius 2 is 1.96 bits per heavy atom. The number of hydrogen-bond donors (Lipinski definition) is 0. The number of hydrazone groups is 1. The van der Waals surface area contributed by atoms with Gasteiger partial charge in [-0.15, -0.1) is 0 Å². The summed E-state index contributed by atoms with van der Waals surface area (Å²) in [6, 6.07) is 0. The van der Waals surface area contributed by atoms with Crippen LogP contribution in [-0.4, -0.2) is 44.2 Å². The average molecular weight is 320 g/mol. The molecule has 0 aromatic carbocycles. The van der Waals surface area contributed by atoms with E-state index in [1.54, 1.807) is 12.1 Å². The van der Waals surface area contributed by atoms with Crippen LogP contribution in [0.3, 0.4) is 0 Å². The SMILES string of the molecule is CCOCCN1N=C(C)Cn2c1nc1c2c(=O)n(C)c(=O)n1C. The molecule has 1 aliphatic heterocycles. The maximum Gasteiger partial charge on any atom is 0.332 e. The van der Waals surface area contributed by atoms with Gasteiger partial charge in [0.1, 0.15) is 0 Å². The summed E-state index contributed by atoms with van der Waals surface area (Å²) in [7, 11) is 3.09. The molecule has 3 rings (SSSR count). The summed E-state index contributed by atoms with van der Waals surface area (Å²) in [4.78, 5) is 29.1. The lowest BCUT2D eigenvalue weighted by Crippen LogP contribution is -2.38. The second-order valence-corrected chi connectivity index (χ2v) is 5.53. The van der Waals surface area contributed by atoms with Gasteiger partial charge in [0, 0.05) is 20.7 Å². The zero-order chi connectivity index (χ0) is 16.7. The highest BCUT2D eigenvalue weighted by Crippen LogP contribution is 2.23. The fraction of sp³-hybridized carbons (Fsp3) is 0.571. The van der Waals surface area contributed by atoms with Crippen molar-refractivity contribution in [2.24, 2.45) is 19.2 Å². The first-order valence-corrected chi connectivity index (χ1v) is 7.51. The Kier molecular flexibility index (Phi) is 3.80. The number of fused-ring (bicyclic) bond motifs is 3. The van der Waals surface area contributed by atoms with Gasteiger partial charge in [0.05, 0.1) is 25.4 Å². The third kappa shape index (κ3) is 2.37. The van der Waals surface area contributed by atoms with E-state index >= 15 is 0 Å². The second kappa shape index (κ2) is 5.65. The summed E-state index contributed by atoms with van der Waals surface area (Å²) in [5.74, 6) is 0.559. The maximum absolute atomic E-state index is 12.5. The minimum absolute atomic E-state index is 0.346. The molecule has 9 nitrogen and oxygen atoms in total. The highest BCUT2D eigenvalue weighted by Gasteiger charge is 2.25. The molecule has 0 fully saturated rings. The van der Waals surface area contributed by atoms with Gasteiger partial charge in [-0.3, -0.25) is 18.5 Å². The van der Waals surface area contributed by atoms with Gasteiger partial charge in [-0.2, -0.15) is 10.1 Å². The molecule has 9 heteroatoms. The van der Waals surface area contributed by atoms with Crippen LogP contribution in [0.5, 0.6) is 0 Å². The molecule has 0 spiro atoms. The van der Waals surface area contributed by atoms with Gasteiger partial charge in [-0.1, -0.05) is 0 Å². The van der Waals surface area contributed by atoms with E-state index < -0.39 is 5.69 Å². The first-order chi connectivity index (χ1) is 11.0. The number of rotatable bonds is 4. The zero-order valence-corrected chi connectivity index (χ0v) is 13.7. The van der Waals surface area contributed by atoms with E-state index in [-0.39, 0.29) is 5.56 Å². The Hall–Kier alpha value is -2.42. The van der Waals surface area contributed by atoms with E-state index in [2.05, 4.69) is 10.1 Å². The van der Waals surface area contributed by atoms with Crippen molar-refractivity contribution in [1.29, 1.82) is 0 Å². The number of hydrogen-bond acceptors (Lipinski definition) is 6. The summed E-state index contributed by atoms with van der Waals surface area (Å²) < 4.78 is 9.68. The van der Waals surface area contributed by atoms with Crippen LogP contribution in [-0.2, 0) is 25.4 Å². The Bertz CT molecular complexity index is 904. The topological polar surface area (TPSA) is 86.7 Å². The molecule has 1 aliphatic rings. The molecule has 0 unspecified atom stereocenters. The van der Waals surface area contributed by atoms with Crippen LogP contribution >= 0.6 is 0 Å². The lowest BCUT2D eigenvalue weighted by molar-refractivity contribution is 0.153. The Morgan fingerprint density at radius 3 is 2.65 bits per heavy atom. The van der Waals surface area contributed by atoms with Crippen LogP contribution in [0.4, 0.5) is 5.95 Å². The molecule has 2 aromatic heterocycles. The summed E-state index contributed by atoms with van der Waals surface area (Å²) in [5.41, 5.74) is 0.918. The lowest BCUT2D eigenvalue weighted by atomic mass is 10.4. The van der Waals surface area contributed by atoms with Crippen molar-refractivity contribution in [2.75, 3.05) is 24.8 Å². The lowest BCUT2D eigenvalue weighted by Gasteiger charge is -2.24. The number of anilines is 1. The molecule has 0 saturated carbocycles. The van der Waals surface area contributed by atoms with Gasteiger partial charge in [-0.05, 0) is 13.8 Å². The molecule has 0 atom stereocenters. The van der Waals surface area contributed by atoms with Gasteiger partial charge >= 0.3 is 5.69 Å². The Morgan fingerprint density at radius 1 is 1.22 bits per heavy atom. The van der Waals surface area contributed by atoms with Crippen molar-refractivity contribution in [2.45, 2.75) is 20.4 Å². The highest BCUT2D eigenvalue weighted by molar-refractivity contribution is 5.87. The summed E-state index contributed by atoms with van der Waals surface area (Å²) >= 11 is 0. The van der Waals surface area contributed by atoms with Gasteiger partial charge in [0.2, 0.25) is 5.95 Å². The standard InChI is InChI=1S/C14H20N6O3/c1-5-23-7-6-20-13-15-11-10(19(13)8-9(2)16-20)12(21)18(4)14(22)17(11)3/h5-8H2,1-4H3. The molecule has 0 radical (unpaired) electrons. The molecule has 0 bridgehead atoms. The molecule has 3 heterocycles. The van der Waals surface area contributed by atoms with Crippen LogP contribution < -0.4 is 16.3 Å². The minimum atomic E-state index is -0.392. The van der Waals surface area contributed by atoms with Crippen molar-refractivity contribution in [3.8, 4) is 0 Å². The quantitative estimate of drug-likeness (QED) is 0.720. The van der Waals surface area contributed by atoms with E-state index in [1.165, 1.54) is 11.6 Å². The van der Waals surface area contributed by atoms with Crippen molar-refractivity contribution >= 4 is 22.8 Å². The normalized spacial score (nSPS) is 14.3. The molecule has 23 heavy (non-hydrogen) atoms. The molecule has 0 N–H and O–H groups in total. The largest absolute Gasteiger partial charge is 0.380 e. The van der Waals surface area contributed by atoms with E-state index in [9.17, 15) is 9.59 Å². The molecular weight excluding hydrogens is 300 g/mol. The molecule has 124 valence electrons. The van der Waals surface area contributed by atoms with Crippen LogP contribution in [0.1, 0.15) is 13.8 Å². The first-order valence-electron chi connectivity index (χ1n) is 7.51. The Balaban J connectivity index is 2.20. The minimum Gasteiger partial charge on any atom is -0.380 e. The van der Waals surface area contributed by atoms with Gasteiger partial charge in [0.25, 0.3) is 5.56 Å². The molecule has 2 aromatic rings. The van der Waals surface area contributed by atoms with E-state index in [0.29, 0.717) is 43.4 Å². The maximum atomic E-state index is 12.5. The third-order valence-corrected chi connectivity index (χ3v) is 3.89. The molecule has 0 saturated heterocycles. The van der Waals surface area contributed by atoms with Crippen LogP contribution in [0.15, 0.2) is 14.7 Å². The number of aryl methyl sites for hydroxylation is 1. The van der Waals surface area contributed by atoms with Gasteiger partial charge < -0.3 is 4.74 Å². The number of imidazole rings is 1. The number of aromatic nitrogens is 4. The van der Waals surface area contributed by atoms with Crippen LogP contribution in [0.25, 0.3) is 11.2 Å². The average Bonchev–Trinajstić information content (AvgIpc) is 2.90. The number of ether oxygens (including phenoxy) is 1. The van der Waals surface area contributed by atoms with Crippen LogP contribution in [0.2, 0.25) is 0 Å². The van der Waals surface area contributed by atoms with E-state index in [4.69, 9.17) is 4.74 Å². The fourth-order valence-corrected chi connectivity index (χ4v) is 2.74. The predicted octanol–water partition coefficient (Wildman–Crippen LogP) is -0.334. The summed E-state index contributed by atoms with van der Waals surface area (Å²) in [6.45, 7) is 5.97. The second-order valence-electron chi connectivity index (χ2n) is 5.53. The smallest absolute Gasteiger partial charge is 0.332 e. The highest BCUT2D eigenvalue weighted by atomic mass is 16.5. The predicted molar refractivity (Wildman–Crippen MR) is 87.2 cm³/mol. The van der Waals surface area contributed by atoms with Crippen LogP contribution in [0, 0.1) is 0 Å². The molecule has 0 amide bonds. The van der Waals surface area contributed by atoms with E-state index in [1.807, 2.05) is 18.4 Å². The van der Waals surface area contributed by atoms with E-state index in [0.717, 1.165) is 10.3 Å². The van der Waals surface area contributed by atoms with Crippen molar-refractivity contribution in [1.82, 2.24) is 18.7 Å². The van der Waals surface area contributed by atoms with Gasteiger partial charge in [-0.25, -0.2) is 9.80 Å². The fourth-order valence-electron chi connectivity index (χ4n) is 2.74. The Labute approximate surface area is 132 Å². The van der Waals surface area contributed by atoms with Crippen molar-refractivity contribution < 1.29 is 4.74 Å². The molecule has 0 aliphatic carbocycles.